The van der Waals surface area contributed by atoms with Crippen molar-refractivity contribution in [2.75, 3.05) is 11.9 Å². The SMILES string of the molecule is CCCOc1ccc(C(=O)[C@H]2CC(=O)Nc3c2c(C)nn3-c2cccc(CC)c2)cc1. The van der Waals surface area contributed by atoms with E-state index >= 15 is 0 Å². The lowest BCUT2D eigenvalue weighted by molar-refractivity contribution is -0.116. The summed E-state index contributed by atoms with van der Waals surface area (Å²) in [6, 6.07) is 15.2. The average Bonchev–Trinajstić information content (AvgIpc) is 3.13. The van der Waals surface area contributed by atoms with Gasteiger partial charge in [0.25, 0.3) is 0 Å². The molecule has 1 N–H and O–H groups in total. The normalized spacial score (nSPS) is 15.3. The van der Waals surface area contributed by atoms with Crippen molar-refractivity contribution in [1.29, 1.82) is 0 Å². The highest BCUT2D eigenvalue weighted by Gasteiger charge is 2.36. The van der Waals surface area contributed by atoms with Crippen LogP contribution in [0, 0.1) is 6.92 Å². The molecule has 1 aliphatic heterocycles. The number of hydrogen-bond acceptors (Lipinski definition) is 4. The van der Waals surface area contributed by atoms with E-state index in [4.69, 9.17) is 4.74 Å². The van der Waals surface area contributed by atoms with Gasteiger partial charge in [0.05, 0.1) is 23.9 Å². The van der Waals surface area contributed by atoms with Crippen molar-refractivity contribution in [1.82, 2.24) is 9.78 Å². The molecule has 6 heteroatoms. The lowest BCUT2D eigenvalue weighted by Crippen LogP contribution is -2.28. The molecule has 1 atom stereocenters. The van der Waals surface area contributed by atoms with Gasteiger partial charge in [-0.2, -0.15) is 5.10 Å². The highest BCUT2D eigenvalue weighted by Crippen LogP contribution is 2.38. The molecule has 0 unspecified atom stereocenters. The number of amides is 1. The van der Waals surface area contributed by atoms with Crippen LogP contribution in [0.25, 0.3) is 5.69 Å². The Hall–Kier alpha value is -3.41. The Morgan fingerprint density at radius 1 is 1.19 bits per heavy atom. The van der Waals surface area contributed by atoms with Gasteiger partial charge in [-0.3, -0.25) is 9.59 Å². The number of benzene rings is 2. The van der Waals surface area contributed by atoms with Crippen LogP contribution in [-0.2, 0) is 11.2 Å². The first kappa shape index (κ1) is 20.8. The minimum atomic E-state index is -0.561. The molecule has 1 aliphatic rings. The van der Waals surface area contributed by atoms with Crippen molar-refractivity contribution in [2.24, 2.45) is 0 Å². The maximum atomic E-state index is 13.4. The fraction of sp³-hybridized carbons (Fsp3) is 0.320. The number of ketones is 1. The minimum Gasteiger partial charge on any atom is -0.494 e. The highest BCUT2D eigenvalue weighted by atomic mass is 16.5. The van der Waals surface area contributed by atoms with Crippen molar-refractivity contribution in [3.8, 4) is 11.4 Å². The zero-order valence-corrected chi connectivity index (χ0v) is 18.1. The molecule has 4 rings (SSSR count). The van der Waals surface area contributed by atoms with E-state index in [1.807, 2.05) is 26.0 Å². The van der Waals surface area contributed by atoms with Gasteiger partial charge >= 0.3 is 0 Å². The van der Waals surface area contributed by atoms with E-state index < -0.39 is 5.92 Å². The van der Waals surface area contributed by atoms with Crippen LogP contribution < -0.4 is 10.1 Å². The summed E-state index contributed by atoms with van der Waals surface area (Å²) in [4.78, 5) is 25.9. The summed E-state index contributed by atoms with van der Waals surface area (Å²) in [6.07, 6.45) is 1.94. The van der Waals surface area contributed by atoms with Crippen molar-refractivity contribution in [3.05, 3.63) is 70.9 Å². The first-order valence-electron chi connectivity index (χ1n) is 10.8. The number of aromatic nitrogens is 2. The fourth-order valence-electron chi connectivity index (χ4n) is 4.00. The fourth-order valence-corrected chi connectivity index (χ4v) is 4.00. The largest absolute Gasteiger partial charge is 0.494 e. The predicted molar refractivity (Wildman–Crippen MR) is 120 cm³/mol. The molecular formula is C25H27N3O3. The number of Topliss-reactive ketones (excluding diaryl/α,β-unsaturated/α-hetero) is 1. The first-order chi connectivity index (χ1) is 15.0. The Kier molecular flexibility index (Phi) is 5.89. The van der Waals surface area contributed by atoms with Gasteiger partial charge in [-0.05, 0) is 61.7 Å². The van der Waals surface area contributed by atoms with Gasteiger partial charge in [0.1, 0.15) is 11.6 Å². The zero-order valence-electron chi connectivity index (χ0n) is 18.1. The summed E-state index contributed by atoms with van der Waals surface area (Å²) in [5, 5.41) is 7.62. The number of nitrogens with zero attached hydrogens (tertiary/aromatic N) is 2. The third-order valence-electron chi connectivity index (χ3n) is 5.59. The maximum Gasteiger partial charge on any atom is 0.226 e. The van der Waals surface area contributed by atoms with Gasteiger partial charge in [0, 0.05) is 17.5 Å². The number of rotatable bonds is 7. The highest BCUT2D eigenvalue weighted by molar-refractivity contribution is 6.08. The molecule has 31 heavy (non-hydrogen) atoms. The summed E-state index contributed by atoms with van der Waals surface area (Å²) < 4.78 is 7.35. The van der Waals surface area contributed by atoms with Gasteiger partial charge in [0.15, 0.2) is 5.78 Å². The van der Waals surface area contributed by atoms with Gasteiger partial charge in [-0.15, -0.1) is 0 Å². The van der Waals surface area contributed by atoms with Crippen LogP contribution >= 0.6 is 0 Å². The van der Waals surface area contributed by atoms with Crippen LogP contribution in [-0.4, -0.2) is 28.1 Å². The van der Waals surface area contributed by atoms with Crippen molar-refractivity contribution in [2.45, 2.75) is 46.0 Å². The smallest absolute Gasteiger partial charge is 0.226 e. The zero-order chi connectivity index (χ0) is 22.0. The average molecular weight is 418 g/mol. The lowest BCUT2D eigenvalue weighted by Gasteiger charge is -2.23. The number of nitrogens with one attached hydrogen (secondary N) is 1. The topological polar surface area (TPSA) is 73.2 Å². The van der Waals surface area contributed by atoms with Crippen molar-refractivity contribution < 1.29 is 14.3 Å². The molecule has 0 fully saturated rings. The lowest BCUT2D eigenvalue weighted by atomic mass is 9.85. The van der Waals surface area contributed by atoms with E-state index in [0.29, 0.717) is 18.0 Å². The number of hydrogen-bond donors (Lipinski definition) is 1. The van der Waals surface area contributed by atoms with Gasteiger partial charge < -0.3 is 10.1 Å². The molecule has 2 heterocycles. The van der Waals surface area contributed by atoms with E-state index in [1.165, 1.54) is 5.56 Å². The van der Waals surface area contributed by atoms with Crippen molar-refractivity contribution in [3.63, 3.8) is 0 Å². The van der Waals surface area contributed by atoms with E-state index in [1.54, 1.807) is 28.9 Å². The molecule has 3 aromatic rings. The molecule has 0 saturated carbocycles. The Morgan fingerprint density at radius 2 is 1.97 bits per heavy atom. The van der Waals surface area contributed by atoms with Gasteiger partial charge in [0.2, 0.25) is 5.91 Å². The Morgan fingerprint density at radius 3 is 2.68 bits per heavy atom. The Labute approximate surface area is 182 Å². The molecular weight excluding hydrogens is 390 g/mol. The standard InChI is InChI=1S/C25H27N3O3/c1-4-13-31-20-11-9-18(10-12-20)24(30)21-15-22(29)26-25-23(21)16(3)27-28(25)19-8-6-7-17(5-2)14-19/h6-12,14,21H,4-5,13,15H2,1-3H3,(H,26,29)/t21-/m0/s1. The number of carbonyl (C=O) groups is 2. The van der Waals surface area contributed by atoms with Crippen LogP contribution in [0.3, 0.4) is 0 Å². The van der Waals surface area contributed by atoms with Gasteiger partial charge in [-0.25, -0.2) is 4.68 Å². The molecule has 0 aliphatic carbocycles. The first-order valence-corrected chi connectivity index (χ1v) is 10.8. The molecule has 160 valence electrons. The monoisotopic (exact) mass is 417 g/mol. The Bertz CT molecular complexity index is 1120. The second kappa shape index (κ2) is 8.76. The van der Waals surface area contributed by atoms with E-state index in [0.717, 1.165) is 35.5 Å². The molecule has 1 aromatic heterocycles. The van der Waals surface area contributed by atoms with Crippen LogP contribution in [0.5, 0.6) is 5.75 Å². The maximum absolute atomic E-state index is 13.4. The minimum absolute atomic E-state index is 0.0805. The molecule has 0 saturated heterocycles. The quantitative estimate of drug-likeness (QED) is 0.558. The summed E-state index contributed by atoms with van der Waals surface area (Å²) in [7, 11) is 0. The van der Waals surface area contributed by atoms with Crippen LogP contribution in [0.4, 0.5) is 5.82 Å². The number of carbonyl (C=O) groups excluding carboxylic acids is 2. The summed E-state index contributed by atoms with van der Waals surface area (Å²) in [5.74, 6) is 0.502. The van der Waals surface area contributed by atoms with Crippen LogP contribution in [0.1, 0.15) is 59.8 Å². The van der Waals surface area contributed by atoms with E-state index in [9.17, 15) is 9.59 Å². The summed E-state index contributed by atoms with van der Waals surface area (Å²) in [5.41, 5.74) is 4.15. The van der Waals surface area contributed by atoms with Crippen molar-refractivity contribution >= 4 is 17.5 Å². The molecule has 0 radical (unpaired) electrons. The molecule has 2 aromatic carbocycles. The van der Waals surface area contributed by atoms with Crippen LogP contribution in [0.2, 0.25) is 0 Å². The third kappa shape index (κ3) is 4.10. The molecule has 1 amide bonds. The van der Waals surface area contributed by atoms with E-state index in [-0.39, 0.29) is 18.1 Å². The molecule has 0 spiro atoms. The third-order valence-corrected chi connectivity index (χ3v) is 5.59. The Balaban J connectivity index is 1.70. The predicted octanol–water partition coefficient (Wildman–Crippen LogP) is 4.84. The number of fused-ring (bicyclic) bond motifs is 1. The molecule has 0 bridgehead atoms. The number of ether oxygens (including phenoxy) is 1. The number of anilines is 1. The second-order valence-electron chi connectivity index (χ2n) is 7.82. The van der Waals surface area contributed by atoms with Crippen LogP contribution in [0.15, 0.2) is 48.5 Å². The van der Waals surface area contributed by atoms with Gasteiger partial charge in [-0.1, -0.05) is 26.0 Å². The van der Waals surface area contributed by atoms with E-state index in [2.05, 4.69) is 29.5 Å². The summed E-state index contributed by atoms with van der Waals surface area (Å²) in [6.45, 7) is 6.66. The molecule has 6 nitrogen and oxygen atoms in total. The second-order valence-corrected chi connectivity index (χ2v) is 7.82. The summed E-state index contributed by atoms with van der Waals surface area (Å²) >= 11 is 0. The number of aryl methyl sites for hydroxylation is 2.